The molecule has 0 bridgehead atoms. The summed E-state index contributed by atoms with van der Waals surface area (Å²) in [6.45, 7) is 7.78. The van der Waals surface area contributed by atoms with E-state index in [-0.39, 0.29) is 5.91 Å². The molecule has 1 aliphatic heterocycles. The summed E-state index contributed by atoms with van der Waals surface area (Å²) in [5, 5.41) is 0. The molecule has 1 amide bonds. The lowest BCUT2D eigenvalue weighted by atomic mass is 9.94. The summed E-state index contributed by atoms with van der Waals surface area (Å²) in [4.78, 5) is 20.0. The second-order valence-electron chi connectivity index (χ2n) is 6.78. The van der Waals surface area contributed by atoms with E-state index in [0.717, 1.165) is 12.1 Å². The molecule has 128 valence electrons. The van der Waals surface area contributed by atoms with Gasteiger partial charge in [0.1, 0.15) is 5.82 Å². The van der Waals surface area contributed by atoms with E-state index in [4.69, 9.17) is 0 Å². The quantitative estimate of drug-likeness (QED) is 0.794. The monoisotopic (exact) mass is 329 g/mol. The highest BCUT2D eigenvalue weighted by Gasteiger charge is 2.32. The summed E-state index contributed by atoms with van der Waals surface area (Å²) in [5.74, 6) is 0.376. The number of hydrogen-bond donors (Lipinski definition) is 0. The molecule has 0 N–H and O–H groups in total. The highest BCUT2D eigenvalue weighted by atomic mass is 19.4. The first-order chi connectivity index (χ1) is 10.6. The van der Waals surface area contributed by atoms with Crippen LogP contribution in [0.1, 0.15) is 32.8 Å². The van der Waals surface area contributed by atoms with Gasteiger partial charge >= 0.3 is 6.18 Å². The zero-order valence-corrected chi connectivity index (χ0v) is 13.7. The van der Waals surface area contributed by atoms with Crippen molar-refractivity contribution >= 4 is 11.7 Å². The van der Waals surface area contributed by atoms with Gasteiger partial charge < -0.3 is 9.80 Å². The first kappa shape index (κ1) is 17.6. The van der Waals surface area contributed by atoms with E-state index < -0.39 is 17.2 Å². The molecule has 7 heteroatoms. The van der Waals surface area contributed by atoms with Crippen LogP contribution in [0.25, 0.3) is 0 Å². The number of halogens is 3. The molecule has 1 fully saturated rings. The highest BCUT2D eigenvalue weighted by Crippen LogP contribution is 2.31. The van der Waals surface area contributed by atoms with Gasteiger partial charge in [-0.1, -0.05) is 20.8 Å². The van der Waals surface area contributed by atoms with E-state index in [1.165, 1.54) is 6.20 Å². The maximum atomic E-state index is 12.8. The Morgan fingerprint density at radius 1 is 1.13 bits per heavy atom. The minimum absolute atomic E-state index is 0.0661. The Hall–Kier alpha value is -1.79. The van der Waals surface area contributed by atoms with E-state index in [1.54, 1.807) is 4.90 Å². The van der Waals surface area contributed by atoms with Crippen molar-refractivity contribution in [1.82, 2.24) is 9.88 Å². The largest absolute Gasteiger partial charge is 0.416 e. The predicted molar refractivity (Wildman–Crippen MR) is 82.1 cm³/mol. The molecule has 0 radical (unpaired) electrons. The van der Waals surface area contributed by atoms with Crippen LogP contribution in [0, 0.1) is 5.41 Å². The first-order valence-corrected chi connectivity index (χ1v) is 7.66. The molecule has 0 unspecified atom stereocenters. The number of aromatic nitrogens is 1. The molecule has 2 rings (SSSR count). The van der Waals surface area contributed by atoms with Gasteiger partial charge in [-0.05, 0) is 18.6 Å². The van der Waals surface area contributed by atoms with Crippen molar-refractivity contribution < 1.29 is 18.0 Å². The van der Waals surface area contributed by atoms with Crippen LogP contribution in [0.15, 0.2) is 18.3 Å². The van der Waals surface area contributed by atoms with Crippen molar-refractivity contribution in [1.29, 1.82) is 0 Å². The van der Waals surface area contributed by atoms with E-state index in [9.17, 15) is 18.0 Å². The molecule has 0 atom stereocenters. The third-order valence-corrected chi connectivity index (χ3v) is 3.82. The molecule has 2 heterocycles. The SMILES string of the molecule is CC(C)(C)C(=O)N1CCCN(c2cc(C(F)(F)F)ccn2)CC1. The number of alkyl halides is 3. The number of carbonyl (C=O) groups is 1. The minimum Gasteiger partial charge on any atom is -0.355 e. The average Bonchev–Trinajstić information content (AvgIpc) is 2.70. The van der Waals surface area contributed by atoms with Gasteiger partial charge in [0.2, 0.25) is 5.91 Å². The zero-order chi connectivity index (χ0) is 17.3. The fourth-order valence-corrected chi connectivity index (χ4v) is 2.59. The molecule has 23 heavy (non-hydrogen) atoms. The molecule has 4 nitrogen and oxygen atoms in total. The lowest BCUT2D eigenvalue weighted by Gasteiger charge is -2.28. The van der Waals surface area contributed by atoms with Gasteiger partial charge in [-0.15, -0.1) is 0 Å². The summed E-state index contributed by atoms with van der Waals surface area (Å²) >= 11 is 0. The summed E-state index contributed by atoms with van der Waals surface area (Å²) < 4.78 is 38.4. The molecule has 0 aliphatic carbocycles. The Kier molecular flexibility index (Phi) is 4.87. The third kappa shape index (κ3) is 4.36. The topological polar surface area (TPSA) is 36.4 Å². The normalized spacial score (nSPS) is 17.1. The molecule has 1 aromatic heterocycles. The van der Waals surface area contributed by atoms with E-state index in [1.807, 2.05) is 25.7 Å². The Balaban J connectivity index is 2.11. The van der Waals surface area contributed by atoms with Gasteiger partial charge in [0.05, 0.1) is 5.56 Å². The first-order valence-electron chi connectivity index (χ1n) is 7.66. The molecule has 0 spiro atoms. The van der Waals surface area contributed by atoms with Crippen molar-refractivity contribution in [2.45, 2.75) is 33.4 Å². The van der Waals surface area contributed by atoms with E-state index in [2.05, 4.69) is 4.98 Å². The lowest BCUT2D eigenvalue weighted by Crippen LogP contribution is -2.41. The molecule has 1 aliphatic rings. The summed E-state index contributed by atoms with van der Waals surface area (Å²) in [5.41, 5.74) is -1.15. The van der Waals surface area contributed by atoms with Crippen molar-refractivity contribution in [3.63, 3.8) is 0 Å². The highest BCUT2D eigenvalue weighted by molar-refractivity contribution is 5.81. The van der Waals surface area contributed by atoms with Crippen LogP contribution in [0.3, 0.4) is 0 Å². The summed E-state index contributed by atoms with van der Waals surface area (Å²) in [6.07, 6.45) is -2.49. The van der Waals surface area contributed by atoms with Gasteiger partial charge in [0.25, 0.3) is 0 Å². The smallest absolute Gasteiger partial charge is 0.355 e. The maximum absolute atomic E-state index is 12.8. The molecule has 0 aromatic carbocycles. The summed E-state index contributed by atoms with van der Waals surface area (Å²) in [7, 11) is 0. The van der Waals surface area contributed by atoms with Gasteiger partial charge in [0, 0.05) is 37.8 Å². The fraction of sp³-hybridized carbons (Fsp3) is 0.625. The van der Waals surface area contributed by atoms with Crippen LogP contribution in [-0.2, 0) is 11.0 Å². The van der Waals surface area contributed by atoms with Crippen LogP contribution in [0.2, 0.25) is 0 Å². The van der Waals surface area contributed by atoms with Gasteiger partial charge in [-0.25, -0.2) is 4.98 Å². The summed E-state index contributed by atoms with van der Waals surface area (Å²) in [6, 6.07) is 2.04. The molecule has 0 saturated carbocycles. The van der Waals surface area contributed by atoms with E-state index >= 15 is 0 Å². The lowest BCUT2D eigenvalue weighted by molar-refractivity contribution is -0.139. The van der Waals surface area contributed by atoms with Crippen molar-refractivity contribution in [3.8, 4) is 0 Å². The molecular formula is C16H22F3N3O. The number of rotatable bonds is 1. The zero-order valence-electron chi connectivity index (χ0n) is 13.7. The maximum Gasteiger partial charge on any atom is 0.416 e. The molecule has 1 aromatic rings. The van der Waals surface area contributed by atoms with Crippen LogP contribution in [0.5, 0.6) is 0 Å². The fourth-order valence-electron chi connectivity index (χ4n) is 2.59. The van der Waals surface area contributed by atoms with Crippen molar-refractivity contribution in [3.05, 3.63) is 23.9 Å². The van der Waals surface area contributed by atoms with Crippen LogP contribution in [0.4, 0.5) is 19.0 Å². The molecular weight excluding hydrogens is 307 g/mol. The average molecular weight is 329 g/mol. The number of amides is 1. The van der Waals surface area contributed by atoms with Crippen molar-refractivity contribution in [2.24, 2.45) is 5.41 Å². The van der Waals surface area contributed by atoms with Crippen molar-refractivity contribution in [2.75, 3.05) is 31.1 Å². The van der Waals surface area contributed by atoms with Gasteiger partial charge in [-0.3, -0.25) is 4.79 Å². The van der Waals surface area contributed by atoms with Gasteiger partial charge in [-0.2, -0.15) is 13.2 Å². The number of nitrogens with zero attached hydrogens (tertiary/aromatic N) is 3. The minimum atomic E-state index is -4.38. The molecule has 1 saturated heterocycles. The second-order valence-corrected chi connectivity index (χ2v) is 6.78. The van der Waals surface area contributed by atoms with E-state index in [0.29, 0.717) is 38.4 Å². The second kappa shape index (κ2) is 6.37. The Labute approximate surface area is 134 Å². The number of pyridine rings is 1. The third-order valence-electron chi connectivity index (χ3n) is 3.82. The number of hydrogen-bond acceptors (Lipinski definition) is 3. The van der Waals surface area contributed by atoms with Crippen LogP contribution < -0.4 is 4.90 Å². The standard InChI is InChI=1S/C16H22F3N3O/c1-15(2,3)14(23)22-8-4-7-21(9-10-22)13-11-12(5-6-20-13)16(17,18)19/h5-6,11H,4,7-10H2,1-3H3. The Morgan fingerprint density at radius 3 is 2.43 bits per heavy atom. The number of carbonyl (C=O) groups excluding carboxylic acids is 1. The number of anilines is 1. The Morgan fingerprint density at radius 2 is 1.83 bits per heavy atom. The van der Waals surface area contributed by atoms with Crippen LogP contribution in [-0.4, -0.2) is 42.0 Å². The van der Waals surface area contributed by atoms with Crippen LogP contribution >= 0.6 is 0 Å². The Bertz CT molecular complexity index is 566. The van der Waals surface area contributed by atoms with Gasteiger partial charge in [0.15, 0.2) is 0 Å². The predicted octanol–water partition coefficient (Wildman–Crippen LogP) is 3.19.